The first kappa shape index (κ1) is 17.9. The summed E-state index contributed by atoms with van der Waals surface area (Å²) in [5.41, 5.74) is 0. The van der Waals surface area contributed by atoms with Gasteiger partial charge >= 0.3 is 0 Å². The largest absolute Gasteiger partial charge is 0.314 e. The zero-order valence-electron chi connectivity index (χ0n) is 13.6. The van der Waals surface area contributed by atoms with Crippen molar-refractivity contribution in [3.05, 3.63) is 0 Å². The Morgan fingerprint density at radius 3 is 2.55 bits per heavy atom. The maximum atomic E-state index is 12.5. The van der Waals surface area contributed by atoms with E-state index >= 15 is 0 Å². The molecule has 0 aromatic carbocycles. The molecule has 0 aromatic rings. The van der Waals surface area contributed by atoms with Gasteiger partial charge in [0.1, 0.15) is 0 Å². The molecule has 1 fully saturated rings. The van der Waals surface area contributed by atoms with Crippen LogP contribution in [-0.2, 0) is 10.2 Å². The molecular weight excluding hydrogens is 274 g/mol. The predicted molar refractivity (Wildman–Crippen MR) is 83.9 cm³/mol. The molecule has 1 saturated heterocycles. The van der Waals surface area contributed by atoms with Crippen LogP contribution in [0.25, 0.3) is 0 Å². The number of hydrogen-bond acceptors (Lipinski definition) is 3. The minimum absolute atomic E-state index is 0.00369. The molecule has 0 aliphatic carbocycles. The molecule has 2 atom stereocenters. The van der Waals surface area contributed by atoms with Gasteiger partial charge in [0.15, 0.2) is 0 Å². The van der Waals surface area contributed by atoms with Crippen molar-refractivity contribution < 1.29 is 8.42 Å². The average molecular weight is 305 g/mol. The first-order chi connectivity index (χ1) is 9.30. The van der Waals surface area contributed by atoms with E-state index < -0.39 is 10.2 Å². The van der Waals surface area contributed by atoms with Gasteiger partial charge < -0.3 is 5.32 Å². The van der Waals surface area contributed by atoms with Crippen LogP contribution in [0.2, 0.25) is 0 Å². The van der Waals surface area contributed by atoms with Crippen LogP contribution >= 0.6 is 0 Å². The molecule has 5 nitrogen and oxygen atoms in total. The molecule has 0 amide bonds. The van der Waals surface area contributed by atoms with Crippen LogP contribution in [0.1, 0.15) is 47.0 Å². The lowest BCUT2D eigenvalue weighted by Crippen LogP contribution is -2.51. The van der Waals surface area contributed by atoms with Crippen LogP contribution in [0.5, 0.6) is 0 Å². The van der Waals surface area contributed by atoms with Gasteiger partial charge in [0.05, 0.1) is 0 Å². The second-order valence-electron chi connectivity index (χ2n) is 6.12. The molecule has 1 aliphatic heterocycles. The second kappa shape index (κ2) is 7.73. The van der Waals surface area contributed by atoms with Gasteiger partial charge in [-0.05, 0) is 52.5 Å². The van der Waals surface area contributed by atoms with Crippen molar-refractivity contribution in [3.8, 4) is 0 Å². The molecule has 0 saturated carbocycles. The van der Waals surface area contributed by atoms with Crippen molar-refractivity contribution in [1.29, 1.82) is 0 Å². The Bertz CT molecular complexity index is 384. The average Bonchev–Trinajstić information content (AvgIpc) is 2.43. The minimum atomic E-state index is -3.31. The van der Waals surface area contributed by atoms with Crippen LogP contribution in [0.15, 0.2) is 0 Å². The lowest BCUT2D eigenvalue weighted by Gasteiger charge is -2.37. The summed E-state index contributed by atoms with van der Waals surface area (Å²) >= 11 is 0. The van der Waals surface area contributed by atoms with Crippen molar-refractivity contribution >= 4 is 10.2 Å². The highest BCUT2D eigenvalue weighted by Crippen LogP contribution is 2.23. The van der Waals surface area contributed by atoms with Crippen molar-refractivity contribution in [2.24, 2.45) is 5.92 Å². The van der Waals surface area contributed by atoms with Crippen LogP contribution in [0, 0.1) is 5.92 Å². The minimum Gasteiger partial charge on any atom is -0.314 e. The lowest BCUT2D eigenvalue weighted by molar-refractivity contribution is 0.212. The van der Waals surface area contributed by atoms with E-state index in [0.717, 1.165) is 25.8 Å². The van der Waals surface area contributed by atoms with E-state index in [-0.39, 0.29) is 6.04 Å². The molecule has 20 heavy (non-hydrogen) atoms. The molecule has 6 heteroatoms. The van der Waals surface area contributed by atoms with Gasteiger partial charge in [-0.15, -0.1) is 0 Å². The molecule has 1 aliphatic rings. The van der Waals surface area contributed by atoms with Crippen molar-refractivity contribution in [3.63, 3.8) is 0 Å². The predicted octanol–water partition coefficient (Wildman–Crippen LogP) is 1.67. The summed E-state index contributed by atoms with van der Waals surface area (Å²) in [5, 5.41) is 3.49. The Kier molecular flexibility index (Phi) is 6.91. The van der Waals surface area contributed by atoms with Crippen LogP contribution in [-0.4, -0.2) is 55.8 Å². The third-order valence-electron chi connectivity index (χ3n) is 4.26. The zero-order valence-corrected chi connectivity index (χ0v) is 14.4. The SMILES string of the molecule is CCCNC(C)C1CCCN(S(=O)(=O)N(C)C(C)C)C1. The van der Waals surface area contributed by atoms with Crippen LogP contribution in [0.4, 0.5) is 0 Å². The Morgan fingerprint density at radius 1 is 1.35 bits per heavy atom. The summed E-state index contributed by atoms with van der Waals surface area (Å²) < 4.78 is 28.2. The topological polar surface area (TPSA) is 52.7 Å². The van der Waals surface area contributed by atoms with Gasteiger partial charge in [0.2, 0.25) is 0 Å². The molecule has 2 unspecified atom stereocenters. The van der Waals surface area contributed by atoms with Gasteiger partial charge in [-0.2, -0.15) is 17.0 Å². The highest BCUT2D eigenvalue weighted by molar-refractivity contribution is 7.86. The fourth-order valence-corrected chi connectivity index (χ4v) is 4.22. The fourth-order valence-electron chi connectivity index (χ4n) is 2.58. The standard InChI is InChI=1S/C14H31N3O2S/c1-6-9-15-13(4)14-8-7-10-17(11-14)20(18,19)16(5)12(2)3/h12-15H,6-11H2,1-5H3. The van der Waals surface area contributed by atoms with E-state index in [1.807, 2.05) is 13.8 Å². The first-order valence-corrected chi connectivity index (χ1v) is 9.16. The Hall–Kier alpha value is -0.170. The van der Waals surface area contributed by atoms with E-state index in [1.54, 1.807) is 11.4 Å². The third-order valence-corrected chi connectivity index (χ3v) is 6.40. The lowest BCUT2D eigenvalue weighted by atomic mass is 9.93. The number of hydrogen-bond donors (Lipinski definition) is 1. The summed E-state index contributed by atoms with van der Waals surface area (Å²) in [6.07, 6.45) is 3.17. The van der Waals surface area contributed by atoms with Gasteiger partial charge in [0.25, 0.3) is 10.2 Å². The fraction of sp³-hybridized carbons (Fsp3) is 1.00. The molecule has 1 heterocycles. The number of piperidine rings is 1. The summed E-state index contributed by atoms with van der Waals surface area (Å²) in [4.78, 5) is 0. The van der Waals surface area contributed by atoms with E-state index in [4.69, 9.17) is 0 Å². The van der Waals surface area contributed by atoms with E-state index in [1.165, 1.54) is 4.31 Å². The second-order valence-corrected chi connectivity index (χ2v) is 8.11. The third kappa shape index (κ3) is 4.41. The maximum absolute atomic E-state index is 12.5. The molecule has 1 N–H and O–H groups in total. The smallest absolute Gasteiger partial charge is 0.281 e. The quantitative estimate of drug-likeness (QED) is 0.778. The zero-order chi connectivity index (χ0) is 15.3. The Morgan fingerprint density at radius 2 is 2.00 bits per heavy atom. The Balaban J connectivity index is 2.69. The van der Waals surface area contributed by atoms with Gasteiger partial charge in [-0.25, -0.2) is 0 Å². The number of rotatable bonds is 7. The Labute approximate surface area is 124 Å². The highest BCUT2D eigenvalue weighted by Gasteiger charge is 2.34. The van der Waals surface area contributed by atoms with E-state index in [0.29, 0.717) is 25.0 Å². The molecule has 120 valence electrons. The summed E-state index contributed by atoms with van der Waals surface area (Å²) in [6, 6.07) is 0.369. The molecule has 1 rings (SSSR count). The number of nitrogens with zero attached hydrogens (tertiary/aromatic N) is 2. The van der Waals surface area contributed by atoms with Crippen molar-refractivity contribution in [2.45, 2.75) is 59.0 Å². The summed E-state index contributed by atoms with van der Waals surface area (Å²) in [7, 11) is -1.64. The highest BCUT2D eigenvalue weighted by atomic mass is 32.2. The van der Waals surface area contributed by atoms with E-state index in [9.17, 15) is 8.42 Å². The summed E-state index contributed by atoms with van der Waals surface area (Å²) in [6.45, 7) is 10.4. The monoisotopic (exact) mass is 305 g/mol. The molecule has 0 spiro atoms. The van der Waals surface area contributed by atoms with Gasteiger partial charge in [-0.1, -0.05) is 6.92 Å². The van der Waals surface area contributed by atoms with Gasteiger partial charge in [-0.3, -0.25) is 0 Å². The van der Waals surface area contributed by atoms with E-state index in [2.05, 4.69) is 19.2 Å². The van der Waals surface area contributed by atoms with Crippen LogP contribution < -0.4 is 5.32 Å². The maximum Gasteiger partial charge on any atom is 0.281 e. The summed E-state index contributed by atoms with van der Waals surface area (Å²) in [5.74, 6) is 0.408. The van der Waals surface area contributed by atoms with Crippen molar-refractivity contribution in [1.82, 2.24) is 13.9 Å². The first-order valence-electron chi connectivity index (χ1n) is 7.77. The van der Waals surface area contributed by atoms with Gasteiger partial charge in [0, 0.05) is 32.2 Å². The normalized spacial score (nSPS) is 23.4. The molecule has 0 bridgehead atoms. The molecule has 0 radical (unpaired) electrons. The number of nitrogens with one attached hydrogen (secondary N) is 1. The molecule has 0 aromatic heterocycles. The van der Waals surface area contributed by atoms with Crippen LogP contribution in [0.3, 0.4) is 0 Å². The van der Waals surface area contributed by atoms with Crippen molar-refractivity contribution in [2.75, 3.05) is 26.7 Å². The molecular formula is C14H31N3O2S.